The highest BCUT2D eigenvalue weighted by molar-refractivity contribution is 6.56. The monoisotopic (exact) mass is 465 g/mol. The molecule has 180 valence electrons. The third kappa shape index (κ3) is 5.88. The van der Waals surface area contributed by atoms with E-state index < -0.39 is 24.4 Å². The topological polar surface area (TPSA) is 75.2 Å². The minimum Gasteiger partial charge on any atom is -0.445 e. The zero-order chi connectivity index (χ0) is 24.2. The van der Waals surface area contributed by atoms with Crippen LogP contribution in [0.3, 0.4) is 0 Å². The van der Waals surface area contributed by atoms with Crippen LogP contribution < -0.4 is 5.32 Å². The molecule has 4 rings (SSSR count). The SMILES string of the molecule is CC1(C)OB(C(=Cc2cccc(C3OCCO3)c2)CNC(=O)OCc2ccccc2)OC1(C)C. The number of carbonyl (C=O) groups is 1. The van der Waals surface area contributed by atoms with E-state index in [4.69, 9.17) is 23.5 Å². The second-order valence-corrected chi connectivity index (χ2v) is 9.47. The van der Waals surface area contributed by atoms with Gasteiger partial charge in [0, 0.05) is 12.1 Å². The molecule has 0 saturated carbocycles. The Morgan fingerprint density at radius 1 is 1.03 bits per heavy atom. The fourth-order valence-electron chi connectivity index (χ4n) is 3.71. The summed E-state index contributed by atoms with van der Waals surface area (Å²) in [6.45, 7) is 9.58. The number of rotatable bonds is 7. The predicted octanol–water partition coefficient (Wildman–Crippen LogP) is 4.67. The second kappa shape index (κ2) is 10.3. The van der Waals surface area contributed by atoms with Crippen molar-refractivity contribution < 1.29 is 28.3 Å². The number of amides is 1. The van der Waals surface area contributed by atoms with Gasteiger partial charge >= 0.3 is 13.2 Å². The van der Waals surface area contributed by atoms with Gasteiger partial charge in [-0.3, -0.25) is 0 Å². The standard InChI is InChI=1S/C26H32BNO6/c1-25(2)26(3,4)34-27(33-25)22(17-28-24(29)32-18-19-9-6-5-7-10-19)16-20-11-8-12-21(15-20)23-30-13-14-31-23/h5-12,15-16,23H,13-14,17-18H2,1-4H3,(H,28,29). The molecule has 2 aliphatic rings. The first-order chi connectivity index (χ1) is 16.2. The molecular formula is C26H32BNO6. The van der Waals surface area contributed by atoms with Crippen molar-refractivity contribution in [2.45, 2.75) is 51.8 Å². The molecule has 0 spiro atoms. The minimum atomic E-state index is -0.609. The van der Waals surface area contributed by atoms with Gasteiger partial charge in [0.05, 0.1) is 24.4 Å². The lowest BCUT2D eigenvalue weighted by molar-refractivity contribution is -0.0441. The van der Waals surface area contributed by atoms with Gasteiger partial charge in [-0.1, -0.05) is 54.6 Å². The maximum atomic E-state index is 12.4. The maximum absolute atomic E-state index is 12.4. The first kappa shape index (κ1) is 24.5. The summed E-state index contributed by atoms with van der Waals surface area (Å²) in [7, 11) is -0.609. The van der Waals surface area contributed by atoms with Crippen molar-refractivity contribution in [3.63, 3.8) is 0 Å². The van der Waals surface area contributed by atoms with E-state index in [2.05, 4.69) is 5.32 Å². The van der Waals surface area contributed by atoms with Crippen LogP contribution in [0.4, 0.5) is 4.79 Å². The Bertz CT molecular complexity index is 1000. The van der Waals surface area contributed by atoms with Crippen molar-refractivity contribution in [3.05, 3.63) is 76.8 Å². The summed E-state index contributed by atoms with van der Waals surface area (Å²) in [5, 5.41) is 2.84. The largest absolute Gasteiger partial charge is 0.492 e. The molecule has 2 saturated heterocycles. The van der Waals surface area contributed by atoms with Gasteiger partial charge in [-0.05, 0) is 50.4 Å². The zero-order valence-corrected chi connectivity index (χ0v) is 20.2. The van der Waals surface area contributed by atoms with Crippen molar-refractivity contribution in [1.29, 1.82) is 0 Å². The van der Waals surface area contributed by atoms with E-state index in [1.807, 2.05) is 88.4 Å². The van der Waals surface area contributed by atoms with Crippen molar-refractivity contribution in [1.82, 2.24) is 5.32 Å². The number of hydrogen-bond donors (Lipinski definition) is 1. The molecule has 0 unspecified atom stereocenters. The van der Waals surface area contributed by atoms with Crippen LogP contribution >= 0.6 is 0 Å². The van der Waals surface area contributed by atoms with Gasteiger partial charge in [-0.15, -0.1) is 0 Å². The Morgan fingerprint density at radius 2 is 1.71 bits per heavy atom. The molecule has 7 nitrogen and oxygen atoms in total. The van der Waals surface area contributed by atoms with E-state index in [1.165, 1.54) is 0 Å². The lowest BCUT2D eigenvalue weighted by Gasteiger charge is -2.32. The summed E-state index contributed by atoms with van der Waals surface area (Å²) >= 11 is 0. The van der Waals surface area contributed by atoms with E-state index in [9.17, 15) is 4.79 Å². The van der Waals surface area contributed by atoms with Crippen LogP contribution in [-0.2, 0) is 30.1 Å². The molecule has 0 atom stereocenters. The van der Waals surface area contributed by atoms with E-state index in [0.717, 1.165) is 22.2 Å². The van der Waals surface area contributed by atoms with Crippen molar-refractivity contribution in [2.24, 2.45) is 0 Å². The van der Waals surface area contributed by atoms with Crippen LogP contribution in [0.25, 0.3) is 6.08 Å². The normalized spacial score (nSPS) is 19.9. The van der Waals surface area contributed by atoms with E-state index >= 15 is 0 Å². The number of carbonyl (C=O) groups excluding carboxylic acids is 1. The molecular weight excluding hydrogens is 433 g/mol. The third-order valence-electron chi connectivity index (χ3n) is 6.36. The number of hydrogen-bond acceptors (Lipinski definition) is 6. The van der Waals surface area contributed by atoms with Crippen LogP contribution in [0.15, 0.2) is 60.1 Å². The predicted molar refractivity (Wildman–Crippen MR) is 130 cm³/mol. The summed E-state index contributed by atoms with van der Waals surface area (Å²) in [6, 6.07) is 17.5. The Hall–Kier alpha value is -2.65. The molecule has 1 N–H and O–H groups in total. The van der Waals surface area contributed by atoms with Crippen molar-refractivity contribution in [3.8, 4) is 0 Å². The Labute approximate surface area is 201 Å². The molecule has 1 amide bonds. The summed E-state index contributed by atoms with van der Waals surface area (Å²) in [5.74, 6) is 0. The number of alkyl carbamates (subject to hydrolysis) is 1. The summed E-state index contributed by atoms with van der Waals surface area (Å²) in [4.78, 5) is 12.4. The second-order valence-electron chi connectivity index (χ2n) is 9.47. The Balaban J connectivity index is 1.49. The van der Waals surface area contributed by atoms with Gasteiger partial charge in [0.15, 0.2) is 6.29 Å². The molecule has 2 fully saturated rings. The van der Waals surface area contributed by atoms with Gasteiger partial charge in [0.25, 0.3) is 0 Å². The minimum absolute atomic E-state index is 0.200. The number of benzene rings is 2. The van der Waals surface area contributed by atoms with Crippen LogP contribution in [0, 0.1) is 0 Å². The first-order valence-corrected chi connectivity index (χ1v) is 11.6. The summed E-state index contributed by atoms with van der Waals surface area (Å²) in [5.41, 5.74) is 2.57. The molecule has 2 heterocycles. The Morgan fingerprint density at radius 3 is 2.38 bits per heavy atom. The van der Waals surface area contributed by atoms with Crippen molar-refractivity contribution in [2.75, 3.05) is 19.8 Å². The highest BCUT2D eigenvalue weighted by Crippen LogP contribution is 2.39. The van der Waals surface area contributed by atoms with Crippen LogP contribution in [0.2, 0.25) is 0 Å². The first-order valence-electron chi connectivity index (χ1n) is 11.6. The van der Waals surface area contributed by atoms with Gasteiger partial charge in [0.2, 0.25) is 0 Å². The van der Waals surface area contributed by atoms with Gasteiger partial charge < -0.3 is 28.8 Å². The molecule has 2 aliphatic heterocycles. The fourth-order valence-corrected chi connectivity index (χ4v) is 3.71. The zero-order valence-electron chi connectivity index (χ0n) is 20.2. The number of ether oxygens (including phenoxy) is 3. The average Bonchev–Trinajstić information content (AvgIpc) is 3.42. The maximum Gasteiger partial charge on any atom is 0.492 e. The summed E-state index contributed by atoms with van der Waals surface area (Å²) < 4.78 is 29.1. The quantitative estimate of drug-likeness (QED) is 0.599. The molecule has 2 aromatic carbocycles. The van der Waals surface area contributed by atoms with Gasteiger partial charge in [0.1, 0.15) is 6.61 Å². The highest BCUT2D eigenvalue weighted by atomic mass is 16.7. The number of nitrogens with one attached hydrogen (secondary N) is 1. The van der Waals surface area contributed by atoms with E-state index in [1.54, 1.807) is 0 Å². The molecule has 0 aromatic heterocycles. The van der Waals surface area contributed by atoms with Crippen LogP contribution in [0.1, 0.15) is 50.7 Å². The molecule has 2 aromatic rings. The molecule has 0 bridgehead atoms. The van der Waals surface area contributed by atoms with Gasteiger partial charge in [-0.2, -0.15) is 0 Å². The molecule has 0 radical (unpaired) electrons. The lowest BCUT2D eigenvalue weighted by atomic mass is 9.77. The third-order valence-corrected chi connectivity index (χ3v) is 6.36. The van der Waals surface area contributed by atoms with Crippen LogP contribution in [0.5, 0.6) is 0 Å². The van der Waals surface area contributed by atoms with Gasteiger partial charge in [-0.25, -0.2) is 4.79 Å². The lowest BCUT2D eigenvalue weighted by Crippen LogP contribution is -2.41. The highest BCUT2D eigenvalue weighted by Gasteiger charge is 2.52. The fraction of sp³-hybridized carbons (Fsp3) is 0.423. The smallest absolute Gasteiger partial charge is 0.445 e. The summed E-state index contributed by atoms with van der Waals surface area (Å²) in [6.07, 6.45) is 1.10. The molecule has 34 heavy (non-hydrogen) atoms. The van der Waals surface area contributed by atoms with E-state index in [-0.39, 0.29) is 19.4 Å². The molecule has 8 heteroatoms. The van der Waals surface area contributed by atoms with Crippen LogP contribution in [-0.4, -0.2) is 44.2 Å². The van der Waals surface area contributed by atoms with Crippen molar-refractivity contribution >= 4 is 19.3 Å². The average molecular weight is 465 g/mol. The molecule has 0 aliphatic carbocycles. The van der Waals surface area contributed by atoms with E-state index in [0.29, 0.717) is 13.2 Å². The Kier molecular flexibility index (Phi) is 7.43.